The molecule has 104 valence electrons. The number of thioether (sulfide) groups is 1. The Kier molecular flexibility index (Phi) is 3.67. The van der Waals surface area contributed by atoms with Crippen molar-refractivity contribution in [1.82, 2.24) is 4.90 Å². The fourth-order valence-corrected chi connectivity index (χ4v) is 3.54. The molecule has 2 heterocycles. The van der Waals surface area contributed by atoms with Gasteiger partial charge in [-0.25, -0.2) is 0 Å². The maximum absolute atomic E-state index is 12.1. The largest absolute Gasteiger partial charge is 0.326 e. The lowest BCUT2D eigenvalue weighted by Gasteiger charge is -2.10. The molecule has 2 aliphatic heterocycles. The minimum atomic E-state index is -0.367. The van der Waals surface area contributed by atoms with Crippen molar-refractivity contribution in [3.8, 4) is 0 Å². The van der Waals surface area contributed by atoms with Crippen molar-refractivity contribution in [2.45, 2.75) is 11.7 Å². The van der Waals surface area contributed by atoms with Gasteiger partial charge in [-0.2, -0.15) is 0 Å². The highest BCUT2D eigenvalue weighted by molar-refractivity contribution is 8.15. The lowest BCUT2D eigenvalue weighted by Crippen LogP contribution is -2.32. The number of benzene rings is 1. The number of hydrogen-bond acceptors (Lipinski definition) is 4. The van der Waals surface area contributed by atoms with Crippen LogP contribution in [0.5, 0.6) is 0 Å². The zero-order valence-electron chi connectivity index (χ0n) is 10.5. The molecule has 0 aromatic heterocycles. The van der Waals surface area contributed by atoms with Gasteiger partial charge >= 0.3 is 0 Å². The fourth-order valence-electron chi connectivity index (χ4n) is 2.16. The molecule has 2 aliphatic rings. The monoisotopic (exact) mass is 309 g/mol. The van der Waals surface area contributed by atoms with Crippen LogP contribution in [0.25, 0.3) is 0 Å². The summed E-state index contributed by atoms with van der Waals surface area (Å²) in [6.45, 7) is 1.29. The van der Waals surface area contributed by atoms with Crippen molar-refractivity contribution in [3.63, 3.8) is 0 Å². The molecule has 1 saturated heterocycles. The zero-order valence-corrected chi connectivity index (χ0v) is 12.1. The molecule has 2 amide bonds. The van der Waals surface area contributed by atoms with Gasteiger partial charge in [0.2, 0.25) is 11.8 Å². The number of aliphatic imine (C=N–C) groups is 1. The molecule has 1 N–H and O–H groups in total. The molecular weight excluding hydrogens is 298 g/mol. The lowest BCUT2D eigenvalue weighted by atomic mass is 10.2. The number of rotatable bonds is 3. The van der Waals surface area contributed by atoms with Gasteiger partial charge in [-0.15, -0.1) is 0 Å². The van der Waals surface area contributed by atoms with Crippen LogP contribution in [0.3, 0.4) is 0 Å². The standard InChI is InChI=1S/C13H12ClN3O2S/c14-8-2-1-3-9(6-8)16-11(18)7-10-12(19)17-5-4-15-13(17)20-10/h1-3,6,10H,4-5,7H2,(H,16,18)/t10-/m0/s1. The van der Waals surface area contributed by atoms with E-state index in [9.17, 15) is 9.59 Å². The Morgan fingerprint density at radius 1 is 1.55 bits per heavy atom. The normalized spacial score (nSPS) is 20.9. The molecule has 0 spiro atoms. The quantitative estimate of drug-likeness (QED) is 0.928. The van der Waals surface area contributed by atoms with Gasteiger partial charge in [0.15, 0.2) is 5.17 Å². The molecule has 0 aliphatic carbocycles. The second-order valence-electron chi connectivity index (χ2n) is 4.52. The number of nitrogens with one attached hydrogen (secondary N) is 1. The van der Waals surface area contributed by atoms with Gasteiger partial charge < -0.3 is 5.32 Å². The molecule has 0 bridgehead atoms. The Morgan fingerprint density at radius 3 is 3.15 bits per heavy atom. The first-order chi connectivity index (χ1) is 9.63. The van der Waals surface area contributed by atoms with Gasteiger partial charge in [0.1, 0.15) is 5.25 Å². The summed E-state index contributed by atoms with van der Waals surface area (Å²) in [7, 11) is 0. The van der Waals surface area contributed by atoms with Crippen LogP contribution in [-0.2, 0) is 9.59 Å². The van der Waals surface area contributed by atoms with E-state index in [1.807, 2.05) is 0 Å². The summed E-state index contributed by atoms with van der Waals surface area (Å²) in [4.78, 5) is 29.9. The van der Waals surface area contributed by atoms with E-state index in [1.165, 1.54) is 11.8 Å². The van der Waals surface area contributed by atoms with E-state index in [0.29, 0.717) is 23.8 Å². The Hall–Kier alpha value is -1.53. The van der Waals surface area contributed by atoms with Crippen molar-refractivity contribution in [2.24, 2.45) is 4.99 Å². The van der Waals surface area contributed by atoms with Gasteiger partial charge in [-0.3, -0.25) is 19.5 Å². The molecule has 0 saturated carbocycles. The molecule has 0 radical (unpaired) electrons. The summed E-state index contributed by atoms with van der Waals surface area (Å²) < 4.78 is 0. The molecule has 0 unspecified atom stereocenters. The number of fused-ring (bicyclic) bond motifs is 1. The molecule has 1 aromatic rings. The van der Waals surface area contributed by atoms with E-state index in [1.54, 1.807) is 29.2 Å². The van der Waals surface area contributed by atoms with Crippen molar-refractivity contribution in [2.75, 3.05) is 18.4 Å². The third-order valence-electron chi connectivity index (χ3n) is 3.07. The van der Waals surface area contributed by atoms with Gasteiger partial charge in [0.05, 0.1) is 6.54 Å². The highest BCUT2D eigenvalue weighted by Crippen LogP contribution is 2.31. The van der Waals surface area contributed by atoms with Crippen molar-refractivity contribution in [3.05, 3.63) is 29.3 Å². The average molecular weight is 310 g/mol. The van der Waals surface area contributed by atoms with Gasteiger partial charge in [-0.05, 0) is 18.2 Å². The minimum Gasteiger partial charge on any atom is -0.326 e. The third kappa shape index (κ3) is 2.66. The van der Waals surface area contributed by atoms with Crippen LogP contribution in [0, 0.1) is 0 Å². The number of halogens is 1. The molecule has 3 rings (SSSR count). The highest BCUT2D eigenvalue weighted by atomic mass is 35.5. The summed E-state index contributed by atoms with van der Waals surface area (Å²) >= 11 is 7.23. The summed E-state index contributed by atoms with van der Waals surface area (Å²) in [5.74, 6) is -0.215. The summed E-state index contributed by atoms with van der Waals surface area (Å²) in [6, 6.07) is 6.93. The summed E-state index contributed by atoms with van der Waals surface area (Å²) in [5, 5.41) is 3.69. The highest BCUT2D eigenvalue weighted by Gasteiger charge is 2.40. The summed E-state index contributed by atoms with van der Waals surface area (Å²) in [6.07, 6.45) is 0.144. The van der Waals surface area contributed by atoms with Crippen molar-refractivity contribution >= 4 is 46.0 Å². The van der Waals surface area contributed by atoms with Crippen LogP contribution in [0.2, 0.25) is 5.02 Å². The second kappa shape index (κ2) is 5.46. The van der Waals surface area contributed by atoms with Gasteiger partial charge in [0.25, 0.3) is 0 Å². The number of anilines is 1. The first kappa shape index (κ1) is 13.5. The first-order valence-corrected chi connectivity index (χ1v) is 7.47. The topological polar surface area (TPSA) is 61.8 Å². The van der Waals surface area contributed by atoms with E-state index >= 15 is 0 Å². The molecule has 20 heavy (non-hydrogen) atoms. The smallest absolute Gasteiger partial charge is 0.242 e. The maximum Gasteiger partial charge on any atom is 0.242 e. The molecule has 1 aromatic carbocycles. The Labute approximate surface area is 125 Å². The van der Waals surface area contributed by atoms with E-state index in [2.05, 4.69) is 10.3 Å². The number of amides is 2. The summed E-state index contributed by atoms with van der Waals surface area (Å²) in [5.41, 5.74) is 0.635. The van der Waals surface area contributed by atoms with E-state index in [0.717, 1.165) is 5.17 Å². The Bertz CT molecular complexity index is 605. The minimum absolute atomic E-state index is 0.0208. The van der Waals surface area contributed by atoms with E-state index in [4.69, 9.17) is 11.6 Å². The number of amidine groups is 1. The Balaban J connectivity index is 1.61. The molecule has 5 nitrogen and oxygen atoms in total. The van der Waals surface area contributed by atoms with E-state index in [-0.39, 0.29) is 23.5 Å². The zero-order chi connectivity index (χ0) is 14.1. The fraction of sp³-hybridized carbons (Fsp3) is 0.308. The van der Waals surface area contributed by atoms with Crippen LogP contribution in [-0.4, -0.2) is 40.2 Å². The van der Waals surface area contributed by atoms with Crippen LogP contribution >= 0.6 is 23.4 Å². The van der Waals surface area contributed by atoms with Crippen LogP contribution in [0.4, 0.5) is 5.69 Å². The van der Waals surface area contributed by atoms with Gasteiger partial charge in [0, 0.05) is 23.7 Å². The molecule has 1 atom stereocenters. The second-order valence-corrected chi connectivity index (χ2v) is 6.13. The first-order valence-electron chi connectivity index (χ1n) is 6.21. The van der Waals surface area contributed by atoms with Crippen LogP contribution in [0.1, 0.15) is 6.42 Å². The average Bonchev–Trinajstić information content (AvgIpc) is 2.94. The number of carbonyl (C=O) groups is 2. The predicted molar refractivity (Wildman–Crippen MR) is 80.1 cm³/mol. The molecule has 1 fully saturated rings. The molecule has 7 heteroatoms. The van der Waals surface area contributed by atoms with Crippen LogP contribution in [0.15, 0.2) is 29.3 Å². The van der Waals surface area contributed by atoms with Crippen LogP contribution < -0.4 is 5.32 Å². The lowest BCUT2D eigenvalue weighted by molar-refractivity contribution is -0.127. The number of carbonyl (C=O) groups excluding carboxylic acids is 2. The van der Waals surface area contributed by atoms with Crippen molar-refractivity contribution < 1.29 is 9.59 Å². The SMILES string of the molecule is O=C(C[C@@H]1SC2=NCCN2C1=O)Nc1cccc(Cl)c1. The molecular formula is C13H12ClN3O2S. The predicted octanol–water partition coefficient (Wildman–Crippen LogP) is 1.98. The number of nitrogens with zero attached hydrogens (tertiary/aromatic N) is 2. The third-order valence-corrected chi connectivity index (χ3v) is 4.52. The maximum atomic E-state index is 12.1. The van der Waals surface area contributed by atoms with Gasteiger partial charge in [-0.1, -0.05) is 29.4 Å². The Morgan fingerprint density at radius 2 is 2.40 bits per heavy atom. The van der Waals surface area contributed by atoms with Crippen molar-refractivity contribution in [1.29, 1.82) is 0 Å². The van der Waals surface area contributed by atoms with E-state index < -0.39 is 0 Å². The number of hydrogen-bond donors (Lipinski definition) is 1.